The van der Waals surface area contributed by atoms with Crippen LogP contribution in [-0.2, 0) is 16.4 Å². The Labute approximate surface area is 232 Å². The first-order chi connectivity index (χ1) is 18.7. The molecule has 0 unspecified atom stereocenters. The number of hydrogen-bond acceptors (Lipinski definition) is 7. The van der Waals surface area contributed by atoms with Crippen LogP contribution in [0.4, 0.5) is 10.8 Å². The molecule has 0 bridgehead atoms. The molecule has 0 spiro atoms. The third-order valence-electron chi connectivity index (χ3n) is 6.43. The van der Waals surface area contributed by atoms with E-state index >= 15 is 0 Å². The number of aryl methyl sites for hydroxylation is 2. The van der Waals surface area contributed by atoms with Gasteiger partial charge in [-0.2, -0.15) is 0 Å². The van der Waals surface area contributed by atoms with Crippen LogP contribution in [0.25, 0.3) is 5.69 Å². The van der Waals surface area contributed by atoms with Crippen molar-refractivity contribution < 1.29 is 13.2 Å². The van der Waals surface area contributed by atoms with Crippen molar-refractivity contribution in [1.82, 2.24) is 14.5 Å². The van der Waals surface area contributed by atoms with E-state index in [-0.39, 0.29) is 10.8 Å². The number of primary sulfonamides is 1. The standard InChI is InChI=1S/C29H29N5O3S2/c1-19-9-12-28(39(30,35)36)24(13-19)23(14-21-7-5-4-6-8-21)25-17-38-29(33-25)32-22-10-11-26(27(15-22)37-3)34-16-20(2)31-18-34/h4-13,15-18,23H,14H2,1-3H3,(H,32,33)(H2,30,35,36)/t23-/m0/s1. The van der Waals surface area contributed by atoms with Crippen molar-refractivity contribution in [1.29, 1.82) is 0 Å². The van der Waals surface area contributed by atoms with Gasteiger partial charge in [0.25, 0.3) is 0 Å². The number of nitrogens with zero attached hydrogens (tertiary/aromatic N) is 3. The van der Waals surface area contributed by atoms with Gasteiger partial charge in [-0.1, -0.05) is 48.0 Å². The third-order valence-corrected chi connectivity index (χ3v) is 8.19. The number of hydrogen-bond donors (Lipinski definition) is 2. The molecule has 0 fully saturated rings. The Morgan fingerprint density at radius 3 is 2.56 bits per heavy atom. The van der Waals surface area contributed by atoms with E-state index in [9.17, 15) is 8.42 Å². The number of anilines is 2. The number of thiazole rings is 1. The minimum absolute atomic E-state index is 0.117. The average Bonchev–Trinajstić information content (AvgIpc) is 3.56. The summed E-state index contributed by atoms with van der Waals surface area (Å²) in [6.45, 7) is 3.87. The first-order valence-corrected chi connectivity index (χ1v) is 14.7. The fourth-order valence-corrected chi connectivity index (χ4v) is 6.14. The van der Waals surface area contributed by atoms with Crippen molar-refractivity contribution >= 4 is 32.2 Å². The highest BCUT2D eigenvalue weighted by molar-refractivity contribution is 7.89. The van der Waals surface area contributed by atoms with Gasteiger partial charge in [-0.25, -0.2) is 23.5 Å². The molecule has 10 heteroatoms. The largest absolute Gasteiger partial charge is 0.494 e. The van der Waals surface area contributed by atoms with Gasteiger partial charge in [-0.3, -0.25) is 0 Å². The summed E-state index contributed by atoms with van der Waals surface area (Å²) in [4.78, 5) is 9.30. The molecule has 2 heterocycles. The van der Waals surface area contributed by atoms with Gasteiger partial charge in [0.1, 0.15) is 5.75 Å². The van der Waals surface area contributed by atoms with Crippen LogP contribution in [-0.4, -0.2) is 30.1 Å². The lowest BCUT2D eigenvalue weighted by Crippen LogP contribution is -2.18. The molecule has 0 amide bonds. The highest BCUT2D eigenvalue weighted by Gasteiger charge is 2.25. The number of aromatic nitrogens is 3. The van der Waals surface area contributed by atoms with Crippen LogP contribution in [0.15, 0.2) is 89.5 Å². The molecule has 39 heavy (non-hydrogen) atoms. The van der Waals surface area contributed by atoms with E-state index in [1.807, 2.05) is 84.6 Å². The van der Waals surface area contributed by atoms with Crippen LogP contribution >= 0.6 is 11.3 Å². The van der Waals surface area contributed by atoms with Gasteiger partial charge in [-0.15, -0.1) is 11.3 Å². The molecule has 0 saturated carbocycles. The third kappa shape index (κ3) is 6.03. The van der Waals surface area contributed by atoms with Gasteiger partial charge in [0, 0.05) is 29.2 Å². The van der Waals surface area contributed by atoms with Crippen LogP contribution in [0.2, 0.25) is 0 Å². The van der Waals surface area contributed by atoms with Gasteiger partial charge < -0.3 is 14.6 Å². The maximum Gasteiger partial charge on any atom is 0.238 e. The number of rotatable bonds is 9. The zero-order valence-electron chi connectivity index (χ0n) is 21.8. The van der Waals surface area contributed by atoms with Crippen LogP contribution in [0.1, 0.15) is 34.0 Å². The van der Waals surface area contributed by atoms with Crippen molar-refractivity contribution in [3.05, 3.63) is 113 Å². The molecule has 0 aliphatic heterocycles. The second-order valence-electron chi connectivity index (χ2n) is 9.34. The summed E-state index contributed by atoms with van der Waals surface area (Å²) in [5.74, 6) is 0.377. The molecule has 1 atom stereocenters. The highest BCUT2D eigenvalue weighted by Crippen LogP contribution is 2.36. The predicted octanol–water partition coefficient (Wildman–Crippen LogP) is 5.72. The Hall–Kier alpha value is -3.99. The molecule has 2 aromatic heterocycles. The van der Waals surface area contributed by atoms with E-state index in [0.717, 1.165) is 33.9 Å². The number of benzene rings is 3. The second kappa shape index (κ2) is 11.0. The molecule has 5 rings (SSSR count). The molecule has 0 aliphatic carbocycles. The number of nitrogens with two attached hydrogens (primary N) is 1. The van der Waals surface area contributed by atoms with Crippen LogP contribution in [0.3, 0.4) is 0 Å². The number of methoxy groups -OCH3 is 1. The van der Waals surface area contributed by atoms with Gasteiger partial charge in [0.15, 0.2) is 5.13 Å². The van der Waals surface area contributed by atoms with Gasteiger partial charge in [0.05, 0.1) is 35.4 Å². The smallest absolute Gasteiger partial charge is 0.238 e. The molecular formula is C29H29N5O3S2. The molecular weight excluding hydrogens is 530 g/mol. The summed E-state index contributed by atoms with van der Waals surface area (Å²) in [6, 6.07) is 21.0. The molecule has 0 radical (unpaired) electrons. The molecule has 200 valence electrons. The maximum atomic E-state index is 12.5. The zero-order chi connectivity index (χ0) is 27.6. The number of nitrogens with one attached hydrogen (secondary N) is 1. The quantitative estimate of drug-likeness (QED) is 0.239. The van der Waals surface area contributed by atoms with Gasteiger partial charge in [0.2, 0.25) is 10.0 Å². The monoisotopic (exact) mass is 559 g/mol. The molecule has 8 nitrogen and oxygen atoms in total. The van der Waals surface area contributed by atoms with E-state index in [4.69, 9.17) is 14.9 Å². The highest BCUT2D eigenvalue weighted by atomic mass is 32.2. The lowest BCUT2D eigenvalue weighted by atomic mass is 9.89. The average molecular weight is 560 g/mol. The van der Waals surface area contributed by atoms with E-state index < -0.39 is 10.0 Å². The van der Waals surface area contributed by atoms with Gasteiger partial charge >= 0.3 is 0 Å². The number of imidazole rings is 1. The van der Waals surface area contributed by atoms with Gasteiger partial charge in [-0.05, 0) is 49.6 Å². The molecule has 5 aromatic rings. The lowest BCUT2D eigenvalue weighted by Gasteiger charge is -2.19. The van der Waals surface area contributed by atoms with E-state index in [0.29, 0.717) is 22.9 Å². The van der Waals surface area contributed by atoms with Crippen molar-refractivity contribution in [3.8, 4) is 11.4 Å². The lowest BCUT2D eigenvalue weighted by molar-refractivity contribution is 0.413. The summed E-state index contributed by atoms with van der Waals surface area (Å²) < 4.78 is 32.6. The Morgan fingerprint density at radius 2 is 1.87 bits per heavy atom. The van der Waals surface area contributed by atoms with Crippen molar-refractivity contribution in [3.63, 3.8) is 0 Å². The minimum atomic E-state index is -3.93. The van der Waals surface area contributed by atoms with E-state index in [1.54, 1.807) is 25.6 Å². The van der Waals surface area contributed by atoms with Crippen molar-refractivity contribution in [2.45, 2.75) is 31.1 Å². The SMILES string of the molecule is COc1cc(Nc2nc([C@@H](Cc3ccccc3)c3cc(C)ccc3S(N)(=O)=O)cs2)ccc1-n1cnc(C)c1. The number of ether oxygens (including phenoxy) is 1. The second-order valence-corrected chi connectivity index (χ2v) is 11.7. The minimum Gasteiger partial charge on any atom is -0.494 e. The summed E-state index contributed by atoms with van der Waals surface area (Å²) in [6.07, 6.45) is 4.26. The summed E-state index contributed by atoms with van der Waals surface area (Å²) >= 11 is 1.45. The Balaban J connectivity index is 1.49. The van der Waals surface area contributed by atoms with Crippen molar-refractivity contribution in [2.75, 3.05) is 12.4 Å². The van der Waals surface area contributed by atoms with Crippen LogP contribution in [0.5, 0.6) is 5.75 Å². The predicted molar refractivity (Wildman–Crippen MR) is 155 cm³/mol. The normalized spacial score (nSPS) is 12.3. The Bertz CT molecular complexity index is 1710. The first kappa shape index (κ1) is 26.6. The summed E-state index contributed by atoms with van der Waals surface area (Å²) in [5.41, 5.74) is 6.03. The molecule has 0 saturated heterocycles. The summed E-state index contributed by atoms with van der Waals surface area (Å²) in [5, 5.41) is 11.6. The Morgan fingerprint density at radius 1 is 1.08 bits per heavy atom. The first-order valence-electron chi connectivity index (χ1n) is 12.3. The van der Waals surface area contributed by atoms with Crippen LogP contribution in [0, 0.1) is 13.8 Å². The molecule has 0 aliphatic rings. The topological polar surface area (TPSA) is 112 Å². The Kier molecular flexibility index (Phi) is 7.51. The van der Waals surface area contributed by atoms with E-state index in [2.05, 4.69) is 10.3 Å². The van der Waals surface area contributed by atoms with Crippen molar-refractivity contribution in [2.24, 2.45) is 5.14 Å². The maximum absolute atomic E-state index is 12.5. The fourth-order valence-electron chi connectivity index (χ4n) is 4.57. The molecule has 3 aromatic carbocycles. The summed E-state index contributed by atoms with van der Waals surface area (Å²) in [7, 11) is -2.30. The zero-order valence-corrected chi connectivity index (χ0v) is 23.5. The number of sulfonamides is 1. The fraction of sp³-hybridized carbons (Fsp3) is 0.172. The molecule has 3 N–H and O–H groups in total. The van der Waals surface area contributed by atoms with E-state index in [1.165, 1.54) is 11.3 Å². The van der Waals surface area contributed by atoms with Crippen LogP contribution < -0.4 is 15.2 Å².